The van der Waals surface area contributed by atoms with Crippen molar-refractivity contribution in [2.24, 2.45) is 0 Å². The van der Waals surface area contributed by atoms with Crippen LogP contribution in [-0.2, 0) is 0 Å². The monoisotopic (exact) mass is 234 g/mol. The molecule has 0 saturated carbocycles. The van der Waals surface area contributed by atoms with Crippen molar-refractivity contribution >= 4 is 11.5 Å². The Hall–Kier alpha value is -2.17. The molecule has 0 atom stereocenters. The van der Waals surface area contributed by atoms with Crippen LogP contribution in [0.15, 0.2) is 36.0 Å². The molecule has 0 unspecified atom stereocenters. The Bertz CT molecular complexity index is 449. The smallest absolute Gasteiger partial charge is 0.269 e. The van der Waals surface area contributed by atoms with Gasteiger partial charge in [0.05, 0.1) is 4.92 Å². The maximum absolute atomic E-state index is 11.7. The van der Waals surface area contributed by atoms with Gasteiger partial charge in [0.1, 0.15) is 0 Å². The van der Waals surface area contributed by atoms with E-state index in [0.717, 1.165) is 12.2 Å². The molecule has 1 aromatic carbocycles. The van der Waals surface area contributed by atoms with Crippen LogP contribution in [0.5, 0.6) is 0 Å². The zero-order valence-electron chi connectivity index (χ0n) is 9.77. The summed E-state index contributed by atoms with van der Waals surface area (Å²) < 4.78 is 0. The lowest BCUT2D eigenvalue weighted by molar-refractivity contribution is -0.384. The summed E-state index contributed by atoms with van der Waals surface area (Å²) in [7, 11) is 0. The van der Waals surface area contributed by atoms with Gasteiger partial charge < -0.3 is 5.32 Å². The van der Waals surface area contributed by atoms with Crippen molar-refractivity contribution < 1.29 is 9.72 Å². The molecule has 0 aliphatic rings. The maximum atomic E-state index is 11.7. The fourth-order valence-electron chi connectivity index (χ4n) is 1.36. The minimum absolute atomic E-state index is 0.0195. The molecule has 0 aliphatic heterocycles. The summed E-state index contributed by atoms with van der Waals surface area (Å²) in [5.41, 5.74) is 1.19. The molecule has 0 saturated heterocycles. The summed E-state index contributed by atoms with van der Waals surface area (Å²) in [5.74, 6) is -0.168. The van der Waals surface area contributed by atoms with Crippen LogP contribution in [0.1, 0.15) is 24.2 Å². The summed E-state index contributed by atoms with van der Waals surface area (Å²) in [5, 5.41) is 13.5. The van der Waals surface area contributed by atoms with Gasteiger partial charge in [-0.25, -0.2) is 0 Å². The summed E-state index contributed by atoms with van der Waals surface area (Å²) in [6.45, 7) is 4.48. The van der Waals surface area contributed by atoms with Crippen LogP contribution in [-0.4, -0.2) is 17.3 Å². The highest BCUT2D eigenvalue weighted by atomic mass is 16.6. The zero-order chi connectivity index (χ0) is 12.8. The Balaban J connectivity index is 2.83. The first-order valence-corrected chi connectivity index (χ1v) is 5.25. The molecule has 0 radical (unpaired) electrons. The van der Waals surface area contributed by atoms with E-state index in [2.05, 4.69) is 5.32 Å². The predicted octanol–water partition coefficient (Wildman–Crippen LogP) is 2.29. The topological polar surface area (TPSA) is 72.2 Å². The second kappa shape index (κ2) is 5.79. The lowest BCUT2D eigenvalue weighted by Gasteiger charge is -2.02. The summed E-state index contributed by atoms with van der Waals surface area (Å²) >= 11 is 0. The van der Waals surface area contributed by atoms with E-state index in [0.29, 0.717) is 5.56 Å². The molecular formula is C12H14N2O3. The number of carbonyl (C=O) groups is 1. The van der Waals surface area contributed by atoms with Gasteiger partial charge in [-0.05, 0) is 26.0 Å². The van der Waals surface area contributed by atoms with Crippen LogP contribution < -0.4 is 5.32 Å². The minimum Gasteiger partial charge on any atom is -0.389 e. The Morgan fingerprint density at radius 2 is 2.00 bits per heavy atom. The third-order valence-electron chi connectivity index (χ3n) is 2.17. The highest BCUT2D eigenvalue weighted by molar-refractivity contribution is 6.04. The van der Waals surface area contributed by atoms with Gasteiger partial charge in [0.2, 0.25) is 0 Å². The summed E-state index contributed by atoms with van der Waals surface area (Å²) in [4.78, 5) is 21.7. The Morgan fingerprint density at radius 3 is 2.47 bits per heavy atom. The summed E-state index contributed by atoms with van der Waals surface area (Å²) in [6, 6.07) is 5.56. The molecule has 0 aromatic heterocycles. The number of allylic oxidation sites excluding steroid dienone is 2. The second-order valence-corrected chi connectivity index (χ2v) is 3.53. The average molecular weight is 234 g/mol. The number of ketones is 1. The van der Waals surface area contributed by atoms with Crippen LogP contribution in [0.2, 0.25) is 0 Å². The summed E-state index contributed by atoms with van der Waals surface area (Å²) in [6.07, 6.45) is 1.48. The number of carbonyl (C=O) groups excluding carboxylic acids is 1. The molecule has 17 heavy (non-hydrogen) atoms. The van der Waals surface area contributed by atoms with Crippen molar-refractivity contribution in [1.29, 1.82) is 0 Å². The number of nitrogens with one attached hydrogen (secondary N) is 1. The van der Waals surface area contributed by atoms with Gasteiger partial charge >= 0.3 is 0 Å². The van der Waals surface area contributed by atoms with Crippen LogP contribution in [0.3, 0.4) is 0 Å². The van der Waals surface area contributed by atoms with Crippen LogP contribution in [0.4, 0.5) is 5.69 Å². The van der Waals surface area contributed by atoms with E-state index in [1.54, 1.807) is 6.92 Å². The van der Waals surface area contributed by atoms with Crippen molar-refractivity contribution in [2.75, 3.05) is 6.54 Å². The van der Waals surface area contributed by atoms with Gasteiger partial charge in [-0.15, -0.1) is 0 Å². The number of benzene rings is 1. The Kier molecular flexibility index (Phi) is 4.39. The van der Waals surface area contributed by atoms with Gasteiger partial charge in [0.25, 0.3) is 5.69 Å². The van der Waals surface area contributed by atoms with Gasteiger partial charge in [0.15, 0.2) is 5.78 Å². The number of hydrogen-bond acceptors (Lipinski definition) is 4. The first-order valence-electron chi connectivity index (χ1n) is 5.25. The van der Waals surface area contributed by atoms with E-state index in [-0.39, 0.29) is 11.5 Å². The molecule has 1 rings (SSSR count). The van der Waals surface area contributed by atoms with Crippen LogP contribution in [0.25, 0.3) is 0 Å². The lowest BCUT2D eigenvalue weighted by Crippen LogP contribution is -2.11. The SMILES string of the molecule is CCN/C(C)=C\C(=O)c1ccc([N+](=O)[O-])cc1. The van der Waals surface area contributed by atoms with Crippen molar-refractivity contribution in [2.45, 2.75) is 13.8 Å². The first kappa shape index (κ1) is 12.9. The molecule has 0 aliphatic carbocycles. The standard InChI is InChI=1S/C12H14N2O3/c1-3-13-9(2)8-12(15)10-4-6-11(7-5-10)14(16)17/h4-8,13H,3H2,1-2H3/b9-8-. The highest BCUT2D eigenvalue weighted by Gasteiger charge is 2.07. The first-order chi connectivity index (χ1) is 8.04. The Labute approximate surface area is 99.3 Å². The third kappa shape index (κ3) is 3.71. The second-order valence-electron chi connectivity index (χ2n) is 3.53. The maximum Gasteiger partial charge on any atom is 0.269 e. The van der Waals surface area contributed by atoms with Gasteiger partial charge in [-0.2, -0.15) is 0 Å². The third-order valence-corrected chi connectivity index (χ3v) is 2.17. The molecular weight excluding hydrogens is 220 g/mol. The minimum atomic E-state index is -0.492. The fraction of sp³-hybridized carbons (Fsp3) is 0.250. The number of nitro benzene ring substituents is 1. The normalized spacial score (nSPS) is 11.1. The number of non-ortho nitro benzene ring substituents is 1. The number of nitro groups is 1. The van der Waals surface area contributed by atoms with E-state index < -0.39 is 4.92 Å². The van der Waals surface area contributed by atoms with Gasteiger partial charge in [-0.3, -0.25) is 14.9 Å². The number of rotatable bonds is 5. The van der Waals surface area contributed by atoms with E-state index in [1.807, 2.05) is 6.92 Å². The molecule has 0 heterocycles. The molecule has 0 fully saturated rings. The van der Waals surface area contributed by atoms with E-state index >= 15 is 0 Å². The molecule has 1 N–H and O–H groups in total. The van der Waals surface area contributed by atoms with Crippen LogP contribution in [0, 0.1) is 10.1 Å². The van der Waals surface area contributed by atoms with E-state index in [4.69, 9.17) is 0 Å². The largest absolute Gasteiger partial charge is 0.389 e. The fourth-order valence-corrected chi connectivity index (χ4v) is 1.36. The number of nitrogens with zero attached hydrogens (tertiary/aromatic N) is 1. The van der Waals surface area contributed by atoms with Crippen molar-refractivity contribution in [1.82, 2.24) is 5.32 Å². The van der Waals surface area contributed by atoms with Crippen molar-refractivity contribution in [3.8, 4) is 0 Å². The molecule has 5 heteroatoms. The molecule has 5 nitrogen and oxygen atoms in total. The van der Waals surface area contributed by atoms with Crippen molar-refractivity contribution in [3.63, 3.8) is 0 Å². The molecule has 0 spiro atoms. The van der Waals surface area contributed by atoms with E-state index in [1.165, 1.54) is 30.3 Å². The zero-order valence-corrected chi connectivity index (χ0v) is 9.77. The molecule has 0 amide bonds. The molecule has 1 aromatic rings. The van der Waals surface area contributed by atoms with Crippen LogP contribution >= 0.6 is 0 Å². The quantitative estimate of drug-likeness (QED) is 0.367. The Morgan fingerprint density at radius 1 is 1.41 bits per heavy atom. The van der Waals surface area contributed by atoms with Gasteiger partial charge in [0, 0.05) is 36.0 Å². The molecule has 0 bridgehead atoms. The lowest BCUT2D eigenvalue weighted by atomic mass is 10.1. The molecule has 90 valence electrons. The predicted molar refractivity (Wildman–Crippen MR) is 64.9 cm³/mol. The highest BCUT2D eigenvalue weighted by Crippen LogP contribution is 2.12. The van der Waals surface area contributed by atoms with E-state index in [9.17, 15) is 14.9 Å². The number of hydrogen-bond donors (Lipinski definition) is 1. The average Bonchev–Trinajstić information content (AvgIpc) is 2.29. The van der Waals surface area contributed by atoms with Gasteiger partial charge in [-0.1, -0.05) is 0 Å². The van der Waals surface area contributed by atoms with Crippen molar-refractivity contribution in [3.05, 3.63) is 51.7 Å².